The van der Waals surface area contributed by atoms with Gasteiger partial charge in [-0.2, -0.15) is 10.4 Å². The molecule has 0 fully saturated rings. The van der Waals surface area contributed by atoms with Crippen molar-refractivity contribution < 1.29 is 0 Å². The molecule has 2 rings (SSSR count). The van der Waals surface area contributed by atoms with Gasteiger partial charge in [0.1, 0.15) is 23.9 Å². The SMILES string of the molecule is N#Cc1ccnc(NCCCc2ncn[nH]2)n1. The Kier molecular flexibility index (Phi) is 3.60. The molecule has 0 aromatic carbocycles. The van der Waals surface area contributed by atoms with Gasteiger partial charge in [-0.3, -0.25) is 5.10 Å². The highest BCUT2D eigenvalue weighted by atomic mass is 15.2. The standard InChI is InChI=1S/C10H11N7/c11-6-8-3-5-13-10(16-8)12-4-1-2-9-14-7-15-17-9/h3,5,7H,1-2,4H2,(H,12,13,16)(H,14,15,17). The maximum Gasteiger partial charge on any atom is 0.223 e. The van der Waals surface area contributed by atoms with Crippen molar-refractivity contribution in [2.24, 2.45) is 0 Å². The monoisotopic (exact) mass is 229 g/mol. The molecule has 0 aliphatic rings. The summed E-state index contributed by atoms with van der Waals surface area (Å²) in [4.78, 5) is 12.0. The number of aryl methyl sites for hydroxylation is 1. The van der Waals surface area contributed by atoms with Crippen molar-refractivity contribution >= 4 is 5.95 Å². The van der Waals surface area contributed by atoms with Crippen molar-refractivity contribution in [2.45, 2.75) is 12.8 Å². The molecule has 2 N–H and O–H groups in total. The number of rotatable bonds is 5. The molecule has 7 heteroatoms. The van der Waals surface area contributed by atoms with E-state index in [1.54, 1.807) is 12.3 Å². The first-order valence-corrected chi connectivity index (χ1v) is 5.20. The molecular weight excluding hydrogens is 218 g/mol. The first-order valence-electron chi connectivity index (χ1n) is 5.20. The summed E-state index contributed by atoms with van der Waals surface area (Å²) in [6.45, 7) is 0.718. The van der Waals surface area contributed by atoms with Gasteiger partial charge in [0.05, 0.1) is 0 Å². The highest BCUT2D eigenvalue weighted by molar-refractivity contribution is 5.29. The molecule has 2 aromatic heterocycles. The number of hydrogen-bond acceptors (Lipinski definition) is 6. The van der Waals surface area contributed by atoms with Gasteiger partial charge in [0.25, 0.3) is 0 Å². The minimum absolute atomic E-state index is 0.359. The van der Waals surface area contributed by atoms with E-state index in [-0.39, 0.29) is 0 Å². The van der Waals surface area contributed by atoms with Crippen LogP contribution in [0.4, 0.5) is 5.95 Å². The molecule has 0 bridgehead atoms. The molecule has 0 radical (unpaired) electrons. The predicted molar refractivity (Wildman–Crippen MR) is 59.9 cm³/mol. The third-order valence-electron chi connectivity index (χ3n) is 2.11. The maximum atomic E-state index is 8.67. The van der Waals surface area contributed by atoms with Gasteiger partial charge in [0, 0.05) is 19.2 Å². The highest BCUT2D eigenvalue weighted by Gasteiger charge is 1.99. The van der Waals surface area contributed by atoms with Gasteiger partial charge < -0.3 is 5.32 Å². The Labute approximate surface area is 97.9 Å². The van der Waals surface area contributed by atoms with Gasteiger partial charge in [0.2, 0.25) is 5.95 Å². The summed E-state index contributed by atoms with van der Waals surface area (Å²) in [5.74, 6) is 1.33. The van der Waals surface area contributed by atoms with Gasteiger partial charge in [-0.1, -0.05) is 0 Å². The van der Waals surface area contributed by atoms with E-state index in [2.05, 4.69) is 30.5 Å². The second-order valence-electron chi connectivity index (χ2n) is 3.34. The summed E-state index contributed by atoms with van der Waals surface area (Å²) in [5, 5.41) is 18.3. The van der Waals surface area contributed by atoms with Crippen LogP contribution in [0.2, 0.25) is 0 Å². The molecular formula is C10H11N7. The summed E-state index contributed by atoms with van der Waals surface area (Å²) >= 11 is 0. The second kappa shape index (κ2) is 5.55. The fraction of sp³-hybridized carbons (Fsp3) is 0.300. The van der Waals surface area contributed by atoms with Crippen molar-refractivity contribution in [1.82, 2.24) is 25.1 Å². The number of anilines is 1. The maximum absolute atomic E-state index is 8.67. The smallest absolute Gasteiger partial charge is 0.223 e. The van der Waals surface area contributed by atoms with E-state index in [1.165, 1.54) is 6.33 Å². The minimum Gasteiger partial charge on any atom is -0.354 e. The van der Waals surface area contributed by atoms with E-state index in [4.69, 9.17) is 5.26 Å². The van der Waals surface area contributed by atoms with Crippen molar-refractivity contribution in [3.8, 4) is 6.07 Å². The number of aromatic amines is 1. The van der Waals surface area contributed by atoms with Gasteiger partial charge in [0.15, 0.2) is 0 Å². The van der Waals surface area contributed by atoms with Crippen LogP contribution in [-0.2, 0) is 6.42 Å². The van der Waals surface area contributed by atoms with E-state index >= 15 is 0 Å². The van der Waals surface area contributed by atoms with Crippen LogP contribution in [0.5, 0.6) is 0 Å². The zero-order valence-corrected chi connectivity index (χ0v) is 9.09. The van der Waals surface area contributed by atoms with Crippen LogP contribution in [0.1, 0.15) is 17.9 Å². The first kappa shape index (κ1) is 11.0. The van der Waals surface area contributed by atoms with Crippen LogP contribution in [0.15, 0.2) is 18.6 Å². The fourth-order valence-corrected chi connectivity index (χ4v) is 1.31. The zero-order chi connectivity index (χ0) is 11.9. The molecule has 2 heterocycles. The minimum atomic E-state index is 0.359. The Morgan fingerprint density at radius 1 is 1.41 bits per heavy atom. The number of hydrogen-bond donors (Lipinski definition) is 2. The van der Waals surface area contributed by atoms with Crippen molar-refractivity contribution in [3.05, 3.63) is 30.1 Å². The molecule has 7 nitrogen and oxygen atoms in total. The van der Waals surface area contributed by atoms with E-state index in [0.717, 1.165) is 25.2 Å². The lowest BCUT2D eigenvalue weighted by Gasteiger charge is -2.02. The summed E-state index contributed by atoms with van der Waals surface area (Å²) in [6, 6.07) is 3.53. The Morgan fingerprint density at radius 3 is 3.12 bits per heavy atom. The van der Waals surface area contributed by atoms with E-state index < -0.39 is 0 Å². The van der Waals surface area contributed by atoms with E-state index in [1.807, 2.05) is 6.07 Å². The molecule has 17 heavy (non-hydrogen) atoms. The molecule has 0 spiro atoms. The second-order valence-corrected chi connectivity index (χ2v) is 3.34. The predicted octanol–water partition coefficient (Wildman–Crippen LogP) is 0.511. The average molecular weight is 229 g/mol. The average Bonchev–Trinajstić information content (AvgIpc) is 2.88. The van der Waals surface area contributed by atoms with E-state index in [0.29, 0.717) is 11.6 Å². The Hall–Kier alpha value is -2.49. The molecule has 86 valence electrons. The first-order chi connectivity index (χ1) is 8.38. The fourth-order valence-electron chi connectivity index (χ4n) is 1.31. The van der Waals surface area contributed by atoms with Crippen molar-refractivity contribution in [2.75, 3.05) is 11.9 Å². The molecule has 0 aliphatic carbocycles. The lowest BCUT2D eigenvalue weighted by Crippen LogP contribution is -2.07. The third kappa shape index (κ3) is 3.24. The van der Waals surface area contributed by atoms with E-state index in [9.17, 15) is 0 Å². The summed E-state index contributed by atoms with van der Waals surface area (Å²) in [6.07, 6.45) is 4.74. The van der Waals surface area contributed by atoms with Gasteiger partial charge in [-0.05, 0) is 12.5 Å². The van der Waals surface area contributed by atoms with Crippen LogP contribution in [0.25, 0.3) is 0 Å². The largest absolute Gasteiger partial charge is 0.354 e. The molecule has 0 saturated heterocycles. The third-order valence-corrected chi connectivity index (χ3v) is 2.11. The van der Waals surface area contributed by atoms with Crippen LogP contribution >= 0.6 is 0 Å². The van der Waals surface area contributed by atoms with Gasteiger partial charge >= 0.3 is 0 Å². The van der Waals surface area contributed by atoms with Crippen molar-refractivity contribution in [3.63, 3.8) is 0 Å². The normalized spacial score (nSPS) is 9.82. The lowest BCUT2D eigenvalue weighted by molar-refractivity contribution is 0.800. The van der Waals surface area contributed by atoms with Crippen LogP contribution in [-0.4, -0.2) is 31.7 Å². The quantitative estimate of drug-likeness (QED) is 0.724. The van der Waals surface area contributed by atoms with Crippen LogP contribution in [0.3, 0.4) is 0 Å². The molecule has 0 saturated carbocycles. The highest BCUT2D eigenvalue weighted by Crippen LogP contribution is 2.00. The van der Waals surface area contributed by atoms with Gasteiger partial charge in [-0.15, -0.1) is 0 Å². The van der Waals surface area contributed by atoms with Crippen molar-refractivity contribution in [1.29, 1.82) is 5.26 Å². The number of nitrogens with one attached hydrogen (secondary N) is 2. The zero-order valence-electron chi connectivity index (χ0n) is 9.09. The number of H-pyrrole nitrogens is 1. The van der Waals surface area contributed by atoms with Crippen LogP contribution < -0.4 is 5.32 Å². The Bertz CT molecular complexity index is 500. The lowest BCUT2D eigenvalue weighted by atomic mass is 10.3. The van der Waals surface area contributed by atoms with Gasteiger partial charge in [-0.25, -0.2) is 15.0 Å². The summed E-state index contributed by atoms with van der Waals surface area (Å²) in [7, 11) is 0. The Morgan fingerprint density at radius 2 is 2.35 bits per heavy atom. The molecule has 0 amide bonds. The number of aromatic nitrogens is 5. The molecule has 2 aromatic rings. The summed E-state index contributed by atoms with van der Waals surface area (Å²) in [5.41, 5.74) is 0.359. The summed E-state index contributed by atoms with van der Waals surface area (Å²) < 4.78 is 0. The van der Waals surface area contributed by atoms with Crippen LogP contribution in [0, 0.1) is 11.3 Å². The molecule has 0 aliphatic heterocycles. The number of nitriles is 1. The topological polar surface area (TPSA) is 103 Å². The molecule has 0 atom stereocenters. The number of nitrogens with zero attached hydrogens (tertiary/aromatic N) is 5. The Balaban J connectivity index is 1.76. The molecule has 0 unspecified atom stereocenters.